The van der Waals surface area contributed by atoms with Gasteiger partial charge in [-0.3, -0.25) is 4.79 Å². The molecular weight excluding hydrogens is 235 g/mol. The molecule has 1 fully saturated rings. The molecule has 1 atom stereocenters. The van der Waals surface area contributed by atoms with Crippen LogP contribution >= 0.6 is 0 Å². The monoisotopic (exact) mass is 252 g/mol. The number of carbonyl (C=O) groups excluding carboxylic acids is 1. The van der Waals surface area contributed by atoms with E-state index in [4.69, 9.17) is 4.74 Å². The van der Waals surface area contributed by atoms with E-state index in [9.17, 15) is 9.18 Å². The molecule has 0 radical (unpaired) electrons. The minimum absolute atomic E-state index is 0.0437. The number of carbonyl (C=O) groups is 1. The number of rotatable bonds is 4. The van der Waals surface area contributed by atoms with E-state index in [0.717, 1.165) is 0 Å². The first-order valence-electron chi connectivity index (χ1n) is 5.99. The summed E-state index contributed by atoms with van der Waals surface area (Å²) in [6.45, 7) is 1.68. The zero-order chi connectivity index (χ0) is 13.0. The molecule has 5 heteroatoms. The molecule has 1 aromatic carbocycles. The van der Waals surface area contributed by atoms with E-state index in [1.54, 1.807) is 30.1 Å². The standard InChI is InChI=1S/C13H17FN2O2/c1-15-12(10-4-2-3-5-11(10)14)8-16-6-7-18-9-13(16)17/h2-5,12,15H,6-9H2,1H3. The highest BCUT2D eigenvalue weighted by Gasteiger charge is 2.23. The van der Waals surface area contributed by atoms with Crippen LogP contribution in [0, 0.1) is 5.82 Å². The molecule has 1 unspecified atom stereocenters. The Morgan fingerprint density at radius 3 is 2.94 bits per heavy atom. The summed E-state index contributed by atoms with van der Waals surface area (Å²) >= 11 is 0. The van der Waals surface area contributed by atoms with Crippen LogP contribution in [0.3, 0.4) is 0 Å². The minimum Gasteiger partial charge on any atom is -0.370 e. The van der Waals surface area contributed by atoms with Crippen molar-refractivity contribution >= 4 is 5.91 Å². The molecule has 1 aliphatic heterocycles. The Balaban J connectivity index is 2.09. The van der Waals surface area contributed by atoms with E-state index in [-0.39, 0.29) is 24.4 Å². The van der Waals surface area contributed by atoms with Crippen LogP contribution in [0.4, 0.5) is 4.39 Å². The van der Waals surface area contributed by atoms with Crippen LogP contribution in [0.2, 0.25) is 0 Å². The maximum atomic E-state index is 13.7. The van der Waals surface area contributed by atoms with Gasteiger partial charge in [0, 0.05) is 18.7 Å². The largest absolute Gasteiger partial charge is 0.370 e. The molecule has 4 nitrogen and oxygen atoms in total. The van der Waals surface area contributed by atoms with Gasteiger partial charge in [0.05, 0.1) is 12.6 Å². The van der Waals surface area contributed by atoms with Crippen LogP contribution in [-0.2, 0) is 9.53 Å². The van der Waals surface area contributed by atoms with Crippen LogP contribution in [0.15, 0.2) is 24.3 Å². The van der Waals surface area contributed by atoms with Gasteiger partial charge in [-0.2, -0.15) is 0 Å². The summed E-state index contributed by atoms with van der Waals surface area (Å²) in [4.78, 5) is 13.3. The Morgan fingerprint density at radius 1 is 1.50 bits per heavy atom. The lowest BCUT2D eigenvalue weighted by Gasteiger charge is -2.30. The molecule has 0 saturated carbocycles. The van der Waals surface area contributed by atoms with E-state index in [1.165, 1.54) is 6.07 Å². The zero-order valence-electron chi connectivity index (χ0n) is 10.4. The van der Waals surface area contributed by atoms with E-state index in [1.807, 2.05) is 0 Å². The van der Waals surface area contributed by atoms with Crippen LogP contribution < -0.4 is 5.32 Å². The highest BCUT2D eigenvalue weighted by molar-refractivity contribution is 5.78. The molecule has 2 rings (SSSR count). The Morgan fingerprint density at radius 2 is 2.28 bits per heavy atom. The third-order valence-electron chi connectivity index (χ3n) is 3.12. The van der Waals surface area contributed by atoms with Crippen molar-refractivity contribution in [1.82, 2.24) is 10.2 Å². The Hall–Kier alpha value is -1.46. The van der Waals surface area contributed by atoms with Crippen molar-refractivity contribution in [2.24, 2.45) is 0 Å². The lowest BCUT2D eigenvalue weighted by Crippen LogP contribution is -2.45. The third kappa shape index (κ3) is 2.86. The van der Waals surface area contributed by atoms with Gasteiger partial charge in [0.2, 0.25) is 5.91 Å². The smallest absolute Gasteiger partial charge is 0.248 e. The fourth-order valence-corrected chi connectivity index (χ4v) is 2.07. The van der Waals surface area contributed by atoms with Crippen molar-refractivity contribution < 1.29 is 13.9 Å². The number of halogens is 1. The molecule has 1 aliphatic rings. The van der Waals surface area contributed by atoms with E-state index >= 15 is 0 Å². The minimum atomic E-state index is -0.252. The first-order chi connectivity index (χ1) is 8.72. The fraction of sp³-hybridized carbons (Fsp3) is 0.462. The molecule has 18 heavy (non-hydrogen) atoms. The van der Waals surface area contributed by atoms with Gasteiger partial charge >= 0.3 is 0 Å². The van der Waals surface area contributed by atoms with Crippen LogP contribution in [-0.4, -0.2) is 44.2 Å². The molecule has 1 N–H and O–H groups in total. The molecular formula is C13H17FN2O2. The van der Waals surface area contributed by atoms with Gasteiger partial charge in [-0.25, -0.2) is 4.39 Å². The Labute approximate surface area is 106 Å². The average Bonchev–Trinajstić information content (AvgIpc) is 2.39. The second-order valence-electron chi connectivity index (χ2n) is 4.26. The van der Waals surface area contributed by atoms with Gasteiger partial charge in [0.1, 0.15) is 12.4 Å². The molecule has 98 valence electrons. The number of hydrogen-bond acceptors (Lipinski definition) is 3. The average molecular weight is 252 g/mol. The molecule has 1 aromatic rings. The lowest BCUT2D eigenvalue weighted by atomic mass is 10.1. The van der Waals surface area contributed by atoms with Crippen LogP contribution in [0.25, 0.3) is 0 Å². The van der Waals surface area contributed by atoms with Crippen molar-refractivity contribution in [3.05, 3.63) is 35.6 Å². The highest BCUT2D eigenvalue weighted by atomic mass is 19.1. The van der Waals surface area contributed by atoms with Crippen LogP contribution in [0.5, 0.6) is 0 Å². The van der Waals surface area contributed by atoms with Gasteiger partial charge in [-0.15, -0.1) is 0 Å². The quantitative estimate of drug-likeness (QED) is 0.867. The van der Waals surface area contributed by atoms with Crippen LogP contribution in [0.1, 0.15) is 11.6 Å². The van der Waals surface area contributed by atoms with E-state index < -0.39 is 0 Å². The summed E-state index contributed by atoms with van der Waals surface area (Å²) in [6.07, 6.45) is 0. The number of benzene rings is 1. The van der Waals surface area contributed by atoms with E-state index in [0.29, 0.717) is 25.3 Å². The van der Waals surface area contributed by atoms with Gasteiger partial charge in [-0.05, 0) is 13.1 Å². The zero-order valence-corrected chi connectivity index (χ0v) is 10.4. The summed E-state index contributed by atoms with van der Waals surface area (Å²) in [7, 11) is 1.77. The highest BCUT2D eigenvalue weighted by Crippen LogP contribution is 2.18. The van der Waals surface area contributed by atoms with Gasteiger partial charge in [0.25, 0.3) is 0 Å². The SMILES string of the molecule is CNC(CN1CCOCC1=O)c1ccccc1F. The number of amides is 1. The Kier molecular flexibility index (Phi) is 4.28. The van der Waals surface area contributed by atoms with Crippen molar-refractivity contribution in [2.75, 3.05) is 33.4 Å². The summed E-state index contributed by atoms with van der Waals surface area (Å²) in [5.74, 6) is -0.296. The second kappa shape index (κ2) is 5.93. The summed E-state index contributed by atoms with van der Waals surface area (Å²) in [6, 6.07) is 6.42. The van der Waals surface area contributed by atoms with Gasteiger partial charge < -0.3 is 15.0 Å². The normalized spacial score (nSPS) is 17.9. The predicted molar refractivity (Wildman–Crippen MR) is 65.6 cm³/mol. The second-order valence-corrected chi connectivity index (χ2v) is 4.26. The molecule has 0 aliphatic carbocycles. The van der Waals surface area contributed by atoms with Gasteiger partial charge in [0.15, 0.2) is 0 Å². The van der Waals surface area contributed by atoms with Crippen molar-refractivity contribution in [3.63, 3.8) is 0 Å². The Bertz CT molecular complexity index is 425. The van der Waals surface area contributed by atoms with Crippen molar-refractivity contribution in [3.8, 4) is 0 Å². The molecule has 1 amide bonds. The summed E-state index contributed by atoms with van der Waals surface area (Å²) < 4.78 is 18.8. The topological polar surface area (TPSA) is 41.6 Å². The number of likely N-dealkylation sites (N-methyl/N-ethyl adjacent to an activating group) is 1. The molecule has 0 aromatic heterocycles. The van der Waals surface area contributed by atoms with E-state index in [2.05, 4.69) is 5.32 Å². The lowest BCUT2D eigenvalue weighted by molar-refractivity contribution is -0.143. The summed E-state index contributed by atoms with van der Waals surface area (Å²) in [5.41, 5.74) is 0.583. The first kappa shape index (κ1) is 13.0. The number of hydrogen-bond donors (Lipinski definition) is 1. The maximum absolute atomic E-state index is 13.7. The predicted octanol–water partition coefficient (Wildman–Crippen LogP) is 0.945. The first-order valence-corrected chi connectivity index (χ1v) is 5.99. The fourth-order valence-electron chi connectivity index (χ4n) is 2.07. The third-order valence-corrected chi connectivity index (χ3v) is 3.12. The molecule has 0 spiro atoms. The molecule has 1 heterocycles. The number of ether oxygens (including phenoxy) is 1. The number of nitrogens with zero attached hydrogens (tertiary/aromatic N) is 1. The number of nitrogens with one attached hydrogen (secondary N) is 1. The molecule has 0 bridgehead atoms. The van der Waals surface area contributed by atoms with Crippen molar-refractivity contribution in [1.29, 1.82) is 0 Å². The number of morpholine rings is 1. The summed E-state index contributed by atoms with van der Waals surface area (Å²) in [5, 5.41) is 3.05. The molecule has 1 saturated heterocycles. The van der Waals surface area contributed by atoms with Gasteiger partial charge in [-0.1, -0.05) is 18.2 Å². The maximum Gasteiger partial charge on any atom is 0.248 e. The van der Waals surface area contributed by atoms with Crippen molar-refractivity contribution in [2.45, 2.75) is 6.04 Å².